The summed E-state index contributed by atoms with van der Waals surface area (Å²) in [6.45, 7) is 11.0. The van der Waals surface area contributed by atoms with Gasteiger partial charge in [0.25, 0.3) is 5.91 Å². The summed E-state index contributed by atoms with van der Waals surface area (Å²) in [5.41, 5.74) is 4.57. The molecular weight excluding hydrogens is 354 g/mol. The molecule has 2 aromatic heterocycles. The third-order valence-electron chi connectivity index (χ3n) is 4.55. The van der Waals surface area contributed by atoms with E-state index >= 15 is 0 Å². The van der Waals surface area contributed by atoms with Gasteiger partial charge < -0.3 is 10.1 Å². The molecule has 7 nitrogen and oxygen atoms in total. The number of rotatable bonds is 7. The maximum absolute atomic E-state index is 12.5. The molecule has 1 aromatic carbocycles. The number of nitrogens with one attached hydrogen (secondary N) is 1. The summed E-state index contributed by atoms with van der Waals surface area (Å²) in [5, 5.41) is 11.7. The smallest absolute Gasteiger partial charge is 0.272 e. The van der Waals surface area contributed by atoms with Gasteiger partial charge in [0.2, 0.25) is 0 Å². The molecule has 1 N–H and O–H groups in total. The van der Waals surface area contributed by atoms with E-state index in [0.29, 0.717) is 5.69 Å². The lowest BCUT2D eigenvalue weighted by molar-refractivity contribution is 0.0932. The van der Waals surface area contributed by atoms with Gasteiger partial charge in [-0.25, -0.2) is 4.68 Å². The normalized spacial score (nSPS) is 12.0. The van der Waals surface area contributed by atoms with Crippen molar-refractivity contribution < 1.29 is 9.53 Å². The fourth-order valence-electron chi connectivity index (χ4n) is 3.18. The first-order valence-corrected chi connectivity index (χ1v) is 9.45. The highest BCUT2D eigenvalue weighted by atomic mass is 16.5. The minimum atomic E-state index is -0.221. The van der Waals surface area contributed by atoms with Crippen LogP contribution in [0, 0.1) is 20.8 Å². The number of nitrogens with zero attached hydrogens (tertiary/aromatic N) is 4. The second-order valence-corrected chi connectivity index (χ2v) is 7.06. The molecule has 0 spiro atoms. The molecule has 0 aliphatic rings. The predicted octanol–water partition coefficient (Wildman–Crippen LogP) is 3.55. The monoisotopic (exact) mass is 381 g/mol. The fraction of sp³-hybridized carbons (Fsp3) is 0.381. The van der Waals surface area contributed by atoms with Gasteiger partial charge in [-0.15, -0.1) is 0 Å². The Morgan fingerprint density at radius 2 is 1.86 bits per heavy atom. The van der Waals surface area contributed by atoms with Crippen LogP contribution < -0.4 is 10.1 Å². The van der Waals surface area contributed by atoms with E-state index in [2.05, 4.69) is 21.6 Å². The second-order valence-electron chi connectivity index (χ2n) is 7.06. The van der Waals surface area contributed by atoms with Crippen LogP contribution in [0.3, 0.4) is 0 Å². The van der Waals surface area contributed by atoms with Crippen molar-refractivity contribution in [3.8, 4) is 5.75 Å². The molecule has 0 aliphatic heterocycles. The van der Waals surface area contributed by atoms with Gasteiger partial charge >= 0.3 is 0 Å². The van der Waals surface area contributed by atoms with E-state index in [-0.39, 0.29) is 18.7 Å². The number of carbonyl (C=O) groups excluding carboxylic acids is 1. The SMILES string of the molecule is CCn1cc(C(C)NC(=O)c2ccn(COc3cc(C)cc(C)c3)n2)c(C)n1. The molecule has 1 unspecified atom stereocenters. The van der Waals surface area contributed by atoms with Gasteiger partial charge in [-0.2, -0.15) is 10.2 Å². The van der Waals surface area contributed by atoms with Crippen molar-refractivity contribution in [2.24, 2.45) is 0 Å². The second kappa shape index (κ2) is 8.29. The molecule has 1 atom stereocenters. The first-order valence-electron chi connectivity index (χ1n) is 9.45. The maximum Gasteiger partial charge on any atom is 0.272 e. The molecule has 1 amide bonds. The maximum atomic E-state index is 12.5. The van der Waals surface area contributed by atoms with Gasteiger partial charge in [0.1, 0.15) is 11.4 Å². The highest BCUT2D eigenvalue weighted by Crippen LogP contribution is 2.18. The molecule has 28 heavy (non-hydrogen) atoms. The number of carbonyl (C=O) groups is 1. The van der Waals surface area contributed by atoms with Crippen molar-refractivity contribution in [1.29, 1.82) is 0 Å². The summed E-state index contributed by atoms with van der Waals surface area (Å²) in [4.78, 5) is 12.5. The van der Waals surface area contributed by atoms with Crippen molar-refractivity contribution in [2.45, 2.75) is 53.9 Å². The van der Waals surface area contributed by atoms with Gasteiger partial charge in [0.05, 0.1) is 11.7 Å². The van der Waals surface area contributed by atoms with Crippen LogP contribution in [0.1, 0.15) is 52.8 Å². The summed E-state index contributed by atoms with van der Waals surface area (Å²) < 4.78 is 9.26. The predicted molar refractivity (Wildman–Crippen MR) is 107 cm³/mol. The molecule has 3 aromatic rings. The minimum Gasteiger partial charge on any atom is -0.471 e. The first kappa shape index (κ1) is 19.7. The van der Waals surface area contributed by atoms with Gasteiger partial charge in [0, 0.05) is 24.5 Å². The van der Waals surface area contributed by atoms with Crippen LogP contribution in [0.4, 0.5) is 0 Å². The largest absolute Gasteiger partial charge is 0.471 e. The van der Waals surface area contributed by atoms with E-state index in [1.165, 1.54) is 0 Å². The molecule has 0 aliphatic carbocycles. The third-order valence-corrected chi connectivity index (χ3v) is 4.55. The van der Waals surface area contributed by atoms with Crippen molar-refractivity contribution in [2.75, 3.05) is 0 Å². The van der Waals surface area contributed by atoms with Crippen molar-refractivity contribution in [3.05, 3.63) is 64.7 Å². The van der Waals surface area contributed by atoms with Crippen LogP contribution in [0.2, 0.25) is 0 Å². The van der Waals surface area contributed by atoms with Crippen LogP contribution in [-0.2, 0) is 13.3 Å². The summed E-state index contributed by atoms with van der Waals surface area (Å²) in [6.07, 6.45) is 3.71. The minimum absolute atomic E-state index is 0.149. The fourth-order valence-corrected chi connectivity index (χ4v) is 3.18. The highest BCUT2D eigenvalue weighted by molar-refractivity contribution is 5.92. The molecule has 0 saturated carbocycles. The molecule has 2 heterocycles. The van der Waals surface area contributed by atoms with Gasteiger partial charge in [-0.1, -0.05) is 6.07 Å². The molecule has 0 fully saturated rings. The average Bonchev–Trinajstić information content (AvgIpc) is 3.25. The molecule has 148 valence electrons. The quantitative estimate of drug-likeness (QED) is 0.679. The van der Waals surface area contributed by atoms with Gasteiger partial charge in [0.15, 0.2) is 6.73 Å². The van der Waals surface area contributed by atoms with E-state index in [4.69, 9.17) is 4.74 Å². The standard InChI is InChI=1S/C21H27N5O2/c1-6-25-12-19(17(5)23-25)16(4)22-21(27)20-7-8-26(24-20)13-28-18-10-14(2)9-15(3)11-18/h7-12,16H,6,13H2,1-5H3,(H,22,27). The summed E-state index contributed by atoms with van der Waals surface area (Å²) >= 11 is 0. The molecule has 0 bridgehead atoms. The number of amides is 1. The Morgan fingerprint density at radius 1 is 1.14 bits per heavy atom. The van der Waals surface area contributed by atoms with Gasteiger partial charge in [-0.05, 0) is 63.9 Å². The zero-order chi connectivity index (χ0) is 20.3. The van der Waals surface area contributed by atoms with Gasteiger partial charge in [-0.3, -0.25) is 9.48 Å². The average molecular weight is 381 g/mol. The topological polar surface area (TPSA) is 74.0 Å². The number of hydrogen-bond acceptors (Lipinski definition) is 4. The van der Waals surface area contributed by atoms with E-state index in [1.807, 2.05) is 57.6 Å². The number of aryl methyl sites for hydroxylation is 4. The van der Waals surface area contributed by atoms with Crippen LogP contribution in [0.5, 0.6) is 5.75 Å². The molecule has 7 heteroatoms. The van der Waals surface area contributed by atoms with Crippen molar-refractivity contribution >= 4 is 5.91 Å². The summed E-state index contributed by atoms with van der Waals surface area (Å²) in [7, 11) is 0. The number of hydrogen-bond donors (Lipinski definition) is 1. The van der Waals surface area contributed by atoms with E-state index < -0.39 is 0 Å². The van der Waals surface area contributed by atoms with E-state index in [0.717, 1.165) is 34.7 Å². The Morgan fingerprint density at radius 3 is 2.50 bits per heavy atom. The van der Waals surface area contributed by atoms with Crippen LogP contribution >= 0.6 is 0 Å². The third kappa shape index (κ3) is 4.60. The number of aromatic nitrogens is 4. The van der Waals surface area contributed by atoms with Crippen molar-refractivity contribution in [3.63, 3.8) is 0 Å². The number of ether oxygens (including phenoxy) is 1. The zero-order valence-electron chi connectivity index (χ0n) is 17.1. The lowest BCUT2D eigenvalue weighted by Crippen LogP contribution is -2.27. The molecular formula is C21H27N5O2. The Bertz CT molecular complexity index is 953. The Kier molecular flexibility index (Phi) is 5.82. The first-order chi connectivity index (χ1) is 13.4. The van der Waals surface area contributed by atoms with Crippen LogP contribution in [0.15, 0.2) is 36.7 Å². The molecule has 0 radical (unpaired) electrons. The zero-order valence-corrected chi connectivity index (χ0v) is 17.1. The Balaban J connectivity index is 1.61. The van der Waals surface area contributed by atoms with Crippen LogP contribution in [-0.4, -0.2) is 25.5 Å². The van der Waals surface area contributed by atoms with E-state index in [9.17, 15) is 4.79 Å². The molecule has 0 saturated heterocycles. The summed E-state index contributed by atoms with van der Waals surface area (Å²) in [6, 6.07) is 7.59. The van der Waals surface area contributed by atoms with E-state index in [1.54, 1.807) is 16.9 Å². The summed E-state index contributed by atoms with van der Waals surface area (Å²) in [5.74, 6) is 0.567. The van der Waals surface area contributed by atoms with Crippen LogP contribution in [0.25, 0.3) is 0 Å². The Hall–Kier alpha value is -3.09. The lowest BCUT2D eigenvalue weighted by Gasteiger charge is -2.12. The Labute approximate surface area is 165 Å². The molecule has 3 rings (SSSR count). The number of benzene rings is 1. The van der Waals surface area contributed by atoms with Crippen molar-refractivity contribution in [1.82, 2.24) is 24.9 Å². The highest BCUT2D eigenvalue weighted by Gasteiger charge is 2.17. The lowest BCUT2D eigenvalue weighted by atomic mass is 10.1.